The van der Waals surface area contributed by atoms with Crippen LogP contribution in [0.1, 0.15) is 18.9 Å². The van der Waals surface area contributed by atoms with Crippen LogP contribution in [0.15, 0.2) is 30.3 Å². The highest BCUT2D eigenvalue weighted by Crippen LogP contribution is 2.25. The summed E-state index contributed by atoms with van der Waals surface area (Å²) in [6, 6.07) is 7.23. The number of morpholine rings is 1. The van der Waals surface area contributed by atoms with Gasteiger partial charge in [0.1, 0.15) is 5.75 Å². The molecule has 5 nitrogen and oxygen atoms in total. The number of carbonyl (C=O) groups is 1. The van der Waals surface area contributed by atoms with Crippen molar-refractivity contribution in [2.45, 2.75) is 19.4 Å². The summed E-state index contributed by atoms with van der Waals surface area (Å²) in [5.41, 5.74) is 2.43. The van der Waals surface area contributed by atoms with Gasteiger partial charge in [-0.15, -0.1) is 0 Å². The van der Waals surface area contributed by atoms with E-state index in [2.05, 4.69) is 11.0 Å². The summed E-state index contributed by atoms with van der Waals surface area (Å²) < 4.78 is 5.31. The lowest BCUT2D eigenvalue weighted by molar-refractivity contribution is -0.140. The van der Waals surface area contributed by atoms with Gasteiger partial charge in [-0.25, -0.2) is 0 Å². The Labute approximate surface area is 137 Å². The van der Waals surface area contributed by atoms with E-state index in [1.165, 1.54) is 5.57 Å². The highest BCUT2D eigenvalue weighted by Gasteiger charge is 2.28. The molecule has 0 saturated carbocycles. The average molecular weight is 316 g/mol. The summed E-state index contributed by atoms with van der Waals surface area (Å²) in [6.07, 6.45) is 3.12. The van der Waals surface area contributed by atoms with E-state index < -0.39 is 0 Å². The maximum Gasteiger partial charge on any atom is 0.239 e. The van der Waals surface area contributed by atoms with Crippen molar-refractivity contribution in [3.63, 3.8) is 0 Å². The molecule has 5 heteroatoms. The molecule has 1 fully saturated rings. The lowest BCUT2D eigenvalue weighted by atomic mass is 9.98. The number of phenolic OH excluding ortho intramolecular Hbond substituents is 1. The molecule has 0 unspecified atom stereocenters. The summed E-state index contributed by atoms with van der Waals surface area (Å²) in [6.45, 7) is 6.35. The van der Waals surface area contributed by atoms with Gasteiger partial charge in [-0.1, -0.05) is 18.2 Å². The molecule has 1 amide bonds. The number of benzene rings is 1. The summed E-state index contributed by atoms with van der Waals surface area (Å²) >= 11 is 0. The number of hydrogen-bond acceptors (Lipinski definition) is 4. The zero-order chi connectivity index (χ0) is 16.2. The number of phenols is 1. The van der Waals surface area contributed by atoms with Gasteiger partial charge in [-0.3, -0.25) is 9.69 Å². The van der Waals surface area contributed by atoms with Crippen LogP contribution in [0, 0.1) is 0 Å². The Hall–Kier alpha value is -1.85. The standard InChI is InChI=1S/C18H24N2O3/c1-14(18(22)20-10-12-23-13-11-20)19-8-6-16(7-9-19)15-2-4-17(21)5-3-15/h2-6,14,21H,7-13H2,1H3/t14-/m1/s1. The van der Waals surface area contributed by atoms with E-state index in [1.54, 1.807) is 12.1 Å². The molecule has 23 heavy (non-hydrogen) atoms. The third kappa shape index (κ3) is 3.74. The molecular formula is C18H24N2O3. The maximum absolute atomic E-state index is 12.6. The van der Waals surface area contributed by atoms with Crippen LogP contribution in [0.3, 0.4) is 0 Å². The first kappa shape index (κ1) is 16.0. The second kappa shape index (κ2) is 7.15. The molecule has 2 aliphatic heterocycles. The molecule has 1 saturated heterocycles. The van der Waals surface area contributed by atoms with Gasteiger partial charge in [-0.2, -0.15) is 0 Å². The first-order valence-corrected chi connectivity index (χ1v) is 8.24. The van der Waals surface area contributed by atoms with Crippen LogP contribution in [-0.2, 0) is 9.53 Å². The fourth-order valence-electron chi connectivity index (χ4n) is 3.18. The summed E-state index contributed by atoms with van der Waals surface area (Å²) in [4.78, 5) is 16.7. The Bertz CT molecular complexity index is 576. The smallest absolute Gasteiger partial charge is 0.239 e. The minimum atomic E-state index is -0.0919. The Morgan fingerprint density at radius 1 is 1.17 bits per heavy atom. The number of hydrogen-bond donors (Lipinski definition) is 1. The predicted molar refractivity (Wildman–Crippen MR) is 89.1 cm³/mol. The largest absolute Gasteiger partial charge is 0.508 e. The van der Waals surface area contributed by atoms with E-state index in [0.29, 0.717) is 26.3 Å². The molecular weight excluding hydrogens is 292 g/mol. The third-order valence-corrected chi connectivity index (χ3v) is 4.71. The highest BCUT2D eigenvalue weighted by atomic mass is 16.5. The molecule has 0 aliphatic carbocycles. The molecule has 3 rings (SSSR count). The van der Waals surface area contributed by atoms with Crippen molar-refractivity contribution in [3.8, 4) is 5.75 Å². The number of rotatable bonds is 3. The molecule has 0 aromatic heterocycles. The van der Waals surface area contributed by atoms with Crippen molar-refractivity contribution >= 4 is 11.5 Å². The molecule has 124 valence electrons. The number of carbonyl (C=O) groups excluding carboxylic acids is 1. The molecule has 1 aromatic carbocycles. The lowest BCUT2D eigenvalue weighted by Crippen LogP contribution is -2.51. The van der Waals surface area contributed by atoms with E-state index in [0.717, 1.165) is 25.1 Å². The van der Waals surface area contributed by atoms with E-state index >= 15 is 0 Å². The van der Waals surface area contributed by atoms with Gasteiger partial charge in [-0.05, 0) is 36.6 Å². The van der Waals surface area contributed by atoms with Gasteiger partial charge in [0.2, 0.25) is 5.91 Å². The van der Waals surface area contributed by atoms with E-state index in [4.69, 9.17) is 4.74 Å². The Balaban J connectivity index is 1.60. The average Bonchev–Trinajstić information content (AvgIpc) is 2.62. The summed E-state index contributed by atoms with van der Waals surface area (Å²) in [5, 5.41) is 9.38. The third-order valence-electron chi connectivity index (χ3n) is 4.71. The van der Waals surface area contributed by atoms with E-state index in [9.17, 15) is 9.90 Å². The summed E-state index contributed by atoms with van der Waals surface area (Å²) in [5.74, 6) is 0.492. The van der Waals surface area contributed by atoms with Crippen LogP contribution in [0.4, 0.5) is 0 Å². The molecule has 2 aliphatic rings. The van der Waals surface area contributed by atoms with Gasteiger partial charge in [0.15, 0.2) is 0 Å². The molecule has 0 spiro atoms. The maximum atomic E-state index is 12.6. The molecule has 2 heterocycles. The van der Waals surface area contributed by atoms with Crippen molar-refractivity contribution in [1.82, 2.24) is 9.80 Å². The first-order chi connectivity index (χ1) is 11.1. The fraction of sp³-hybridized carbons (Fsp3) is 0.500. The zero-order valence-electron chi connectivity index (χ0n) is 13.6. The quantitative estimate of drug-likeness (QED) is 0.923. The van der Waals surface area contributed by atoms with E-state index in [1.807, 2.05) is 24.0 Å². The minimum absolute atomic E-state index is 0.0919. The predicted octanol–water partition coefficient (Wildman–Crippen LogP) is 1.73. The van der Waals surface area contributed by atoms with Gasteiger partial charge >= 0.3 is 0 Å². The van der Waals surface area contributed by atoms with Crippen molar-refractivity contribution in [2.75, 3.05) is 39.4 Å². The Morgan fingerprint density at radius 2 is 1.87 bits per heavy atom. The Kier molecular flexibility index (Phi) is 4.98. The molecule has 1 atom stereocenters. The normalized spacial score (nSPS) is 20.9. The van der Waals surface area contributed by atoms with Crippen LogP contribution < -0.4 is 0 Å². The lowest BCUT2D eigenvalue weighted by Gasteiger charge is -2.35. The van der Waals surface area contributed by atoms with Crippen LogP contribution in [0.2, 0.25) is 0 Å². The number of amides is 1. The van der Waals surface area contributed by atoms with Crippen LogP contribution in [0.5, 0.6) is 5.75 Å². The summed E-state index contributed by atoms with van der Waals surface area (Å²) in [7, 11) is 0. The molecule has 0 radical (unpaired) electrons. The van der Waals surface area contributed by atoms with Gasteiger partial charge < -0.3 is 14.7 Å². The number of ether oxygens (including phenoxy) is 1. The first-order valence-electron chi connectivity index (χ1n) is 8.24. The number of aromatic hydroxyl groups is 1. The minimum Gasteiger partial charge on any atom is -0.508 e. The topological polar surface area (TPSA) is 53.0 Å². The second-order valence-corrected chi connectivity index (χ2v) is 6.13. The van der Waals surface area contributed by atoms with Crippen molar-refractivity contribution in [2.24, 2.45) is 0 Å². The number of nitrogens with zero attached hydrogens (tertiary/aromatic N) is 2. The Morgan fingerprint density at radius 3 is 2.48 bits per heavy atom. The SMILES string of the molecule is C[C@H](C(=O)N1CCOCC1)N1CC=C(c2ccc(O)cc2)CC1. The zero-order valence-corrected chi connectivity index (χ0v) is 13.6. The van der Waals surface area contributed by atoms with Gasteiger partial charge in [0.25, 0.3) is 0 Å². The van der Waals surface area contributed by atoms with Crippen molar-refractivity contribution in [1.29, 1.82) is 0 Å². The van der Waals surface area contributed by atoms with Crippen LogP contribution in [-0.4, -0.2) is 66.2 Å². The van der Waals surface area contributed by atoms with Crippen LogP contribution in [0.25, 0.3) is 5.57 Å². The van der Waals surface area contributed by atoms with E-state index in [-0.39, 0.29) is 17.7 Å². The molecule has 0 bridgehead atoms. The van der Waals surface area contributed by atoms with Gasteiger partial charge in [0, 0.05) is 26.2 Å². The monoisotopic (exact) mass is 316 g/mol. The molecule has 1 N–H and O–H groups in total. The van der Waals surface area contributed by atoms with Crippen LogP contribution >= 0.6 is 0 Å². The molecule has 1 aromatic rings. The fourth-order valence-corrected chi connectivity index (χ4v) is 3.18. The van der Waals surface area contributed by atoms with Crippen molar-refractivity contribution < 1.29 is 14.6 Å². The van der Waals surface area contributed by atoms with Gasteiger partial charge in [0.05, 0.1) is 19.3 Å². The second-order valence-electron chi connectivity index (χ2n) is 6.13. The van der Waals surface area contributed by atoms with Crippen molar-refractivity contribution in [3.05, 3.63) is 35.9 Å². The highest BCUT2D eigenvalue weighted by molar-refractivity contribution is 5.81.